The van der Waals surface area contributed by atoms with E-state index in [1.54, 1.807) is 25.1 Å². The number of rotatable bonds is 6. The molecule has 5 nitrogen and oxygen atoms in total. The Bertz CT molecular complexity index is 1530. The lowest BCUT2D eigenvalue weighted by atomic mass is 9.84. The van der Waals surface area contributed by atoms with E-state index in [1.165, 1.54) is 25.3 Å². The monoisotopic (exact) mass is 558 g/mol. The highest BCUT2D eigenvalue weighted by Gasteiger charge is 2.31. The fraction of sp³-hybridized carbons (Fsp3) is 0.310. The standard InChI is InChI=1S/C29H30F4N2O3Si/c1-14-12-17(28(36)37-5)25-18(13-14)34-27(35-25)20-23(32)21(30)19(22(31)24(20)33)15-8-10-16(11-9-15)26(29(2,3)4)38-39(6)7/h8-13,26,39H,1-7H3,(H,34,35). The molecule has 4 aromatic rings. The number of aryl methyl sites for hydroxylation is 1. The second-order valence-electron chi connectivity index (χ2n) is 10.8. The number of aromatic nitrogens is 2. The van der Waals surface area contributed by atoms with E-state index in [0.29, 0.717) is 5.56 Å². The minimum Gasteiger partial charge on any atom is -0.465 e. The van der Waals surface area contributed by atoms with E-state index in [4.69, 9.17) is 9.16 Å². The Morgan fingerprint density at radius 3 is 2.03 bits per heavy atom. The average molecular weight is 559 g/mol. The molecule has 3 aromatic carbocycles. The molecule has 0 saturated carbocycles. The summed E-state index contributed by atoms with van der Waals surface area (Å²) in [5, 5.41) is 0. The number of nitrogens with one attached hydrogen (secondary N) is 1. The third-order valence-corrected chi connectivity index (χ3v) is 7.15. The van der Waals surface area contributed by atoms with Crippen LogP contribution in [0, 0.1) is 35.6 Å². The predicted molar refractivity (Wildman–Crippen MR) is 145 cm³/mol. The van der Waals surface area contributed by atoms with Crippen LogP contribution in [0.2, 0.25) is 13.1 Å². The third kappa shape index (κ3) is 5.35. The van der Waals surface area contributed by atoms with Gasteiger partial charge in [-0.3, -0.25) is 0 Å². The van der Waals surface area contributed by atoms with E-state index in [1.807, 2.05) is 33.9 Å². The summed E-state index contributed by atoms with van der Waals surface area (Å²) < 4.78 is 72.4. The number of methoxy groups -OCH3 is 1. The number of halogens is 4. The van der Waals surface area contributed by atoms with E-state index < -0.39 is 55.2 Å². The molecule has 0 bridgehead atoms. The summed E-state index contributed by atoms with van der Waals surface area (Å²) in [5.74, 6) is -7.50. The number of benzene rings is 3. The smallest absolute Gasteiger partial charge is 0.340 e. The molecular formula is C29H30F4N2O3Si. The number of carbonyl (C=O) groups is 1. The maximum absolute atomic E-state index is 15.4. The van der Waals surface area contributed by atoms with Crippen molar-refractivity contribution in [2.45, 2.75) is 46.9 Å². The first-order valence-corrected chi connectivity index (χ1v) is 15.2. The Labute approximate surface area is 225 Å². The molecule has 0 radical (unpaired) electrons. The zero-order valence-electron chi connectivity index (χ0n) is 22.8. The molecule has 0 aliphatic rings. The number of nitrogens with zero attached hydrogens (tertiary/aromatic N) is 1. The molecule has 0 saturated heterocycles. The normalized spacial score (nSPS) is 12.8. The molecule has 1 unspecified atom stereocenters. The molecule has 0 aliphatic carbocycles. The van der Waals surface area contributed by atoms with Crippen molar-refractivity contribution in [1.82, 2.24) is 9.97 Å². The van der Waals surface area contributed by atoms with Crippen LogP contribution in [0.15, 0.2) is 36.4 Å². The zero-order valence-corrected chi connectivity index (χ0v) is 24.0. The van der Waals surface area contributed by atoms with Gasteiger partial charge in [-0.15, -0.1) is 0 Å². The van der Waals surface area contributed by atoms with Crippen molar-refractivity contribution in [3.05, 3.63) is 76.4 Å². The van der Waals surface area contributed by atoms with E-state index in [9.17, 15) is 4.79 Å². The summed E-state index contributed by atoms with van der Waals surface area (Å²) in [6.07, 6.45) is -0.254. The number of esters is 1. The molecule has 206 valence electrons. The van der Waals surface area contributed by atoms with Crippen LogP contribution in [0.3, 0.4) is 0 Å². The lowest BCUT2D eigenvalue weighted by Gasteiger charge is -2.33. The van der Waals surface area contributed by atoms with Crippen molar-refractivity contribution < 1.29 is 31.5 Å². The number of ether oxygens (including phenoxy) is 1. The van der Waals surface area contributed by atoms with Crippen LogP contribution < -0.4 is 0 Å². The molecule has 1 heterocycles. The van der Waals surface area contributed by atoms with Crippen LogP contribution in [-0.4, -0.2) is 32.1 Å². The molecule has 0 fully saturated rings. The van der Waals surface area contributed by atoms with Crippen molar-refractivity contribution in [3.8, 4) is 22.5 Å². The van der Waals surface area contributed by atoms with Gasteiger partial charge >= 0.3 is 5.97 Å². The maximum atomic E-state index is 15.4. The molecule has 39 heavy (non-hydrogen) atoms. The van der Waals surface area contributed by atoms with Crippen molar-refractivity contribution >= 4 is 26.0 Å². The summed E-state index contributed by atoms with van der Waals surface area (Å²) in [5.41, 5.74) is -0.297. The van der Waals surface area contributed by atoms with Crippen LogP contribution in [0.5, 0.6) is 0 Å². The summed E-state index contributed by atoms with van der Waals surface area (Å²) in [6.45, 7) is 11.9. The van der Waals surface area contributed by atoms with E-state index in [-0.39, 0.29) is 33.7 Å². The lowest BCUT2D eigenvalue weighted by molar-refractivity contribution is 0.0602. The fourth-order valence-corrected chi connectivity index (χ4v) is 5.73. The van der Waals surface area contributed by atoms with E-state index >= 15 is 17.6 Å². The van der Waals surface area contributed by atoms with Gasteiger partial charge in [0.1, 0.15) is 11.3 Å². The molecule has 0 amide bonds. The van der Waals surface area contributed by atoms with Crippen LogP contribution in [0.1, 0.15) is 48.4 Å². The van der Waals surface area contributed by atoms with Crippen molar-refractivity contribution in [1.29, 1.82) is 0 Å². The number of imidazole rings is 1. The second kappa shape index (κ2) is 10.6. The Balaban J connectivity index is 1.82. The predicted octanol–water partition coefficient (Wildman–Crippen LogP) is 7.64. The van der Waals surface area contributed by atoms with E-state index in [2.05, 4.69) is 9.97 Å². The Morgan fingerprint density at radius 1 is 0.949 bits per heavy atom. The van der Waals surface area contributed by atoms with Gasteiger partial charge in [0.15, 0.2) is 32.3 Å². The van der Waals surface area contributed by atoms with Crippen LogP contribution >= 0.6 is 0 Å². The van der Waals surface area contributed by atoms with Gasteiger partial charge in [0.25, 0.3) is 0 Å². The Morgan fingerprint density at radius 2 is 1.51 bits per heavy atom. The summed E-state index contributed by atoms with van der Waals surface area (Å²) in [6, 6.07) is 9.24. The topological polar surface area (TPSA) is 64.2 Å². The summed E-state index contributed by atoms with van der Waals surface area (Å²) >= 11 is 0. The molecule has 0 spiro atoms. The number of hydrogen-bond donors (Lipinski definition) is 1. The fourth-order valence-electron chi connectivity index (χ4n) is 4.62. The van der Waals surface area contributed by atoms with Gasteiger partial charge in [0, 0.05) is 0 Å². The Kier molecular flexibility index (Phi) is 7.73. The highest BCUT2D eigenvalue weighted by molar-refractivity contribution is 6.48. The SMILES string of the molecule is COC(=O)c1cc(C)cc2[nH]c(-c3c(F)c(F)c(-c4ccc(C(O[SiH](C)C)C(C)(C)C)cc4)c(F)c3F)nc12. The molecule has 10 heteroatoms. The zero-order chi connectivity index (χ0) is 28.8. The van der Waals surface area contributed by atoms with Gasteiger partial charge in [-0.1, -0.05) is 45.0 Å². The highest BCUT2D eigenvalue weighted by Crippen LogP contribution is 2.40. The molecule has 1 N–H and O–H groups in total. The van der Waals surface area contributed by atoms with Crippen molar-refractivity contribution in [3.63, 3.8) is 0 Å². The van der Waals surface area contributed by atoms with Gasteiger partial charge in [-0.05, 0) is 54.3 Å². The van der Waals surface area contributed by atoms with Crippen molar-refractivity contribution in [2.75, 3.05) is 7.11 Å². The summed E-state index contributed by atoms with van der Waals surface area (Å²) in [4.78, 5) is 19.0. The first kappa shape index (κ1) is 28.5. The number of carbonyl (C=O) groups excluding carboxylic acids is 1. The highest BCUT2D eigenvalue weighted by atomic mass is 28.3. The first-order valence-electron chi connectivity index (χ1n) is 12.4. The molecule has 1 aromatic heterocycles. The Hall–Kier alpha value is -3.50. The maximum Gasteiger partial charge on any atom is 0.340 e. The van der Waals surface area contributed by atoms with Crippen LogP contribution in [-0.2, 0) is 9.16 Å². The largest absolute Gasteiger partial charge is 0.465 e. The van der Waals surface area contributed by atoms with E-state index in [0.717, 1.165) is 5.56 Å². The average Bonchev–Trinajstić information content (AvgIpc) is 3.28. The van der Waals surface area contributed by atoms with Crippen molar-refractivity contribution in [2.24, 2.45) is 5.41 Å². The van der Waals surface area contributed by atoms with Gasteiger partial charge in [-0.2, -0.15) is 0 Å². The summed E-state index contributed by atoms with van der Waals surface area (Å²) in [7, 11) is -0.232. The van der Waals surface area contributed by atoms with Crippen LogP contribution in [0.25, 0.3) is 33.5 Å². The second-order valence-corrected chi connectivity index (χ2v) is 13.2. The molecule has 4 rings (SSSR count). The van der Waals surface area contributed by atoms with Gasteiger partial charge in [0.2, 0.25) is 0 Å². The quantitative estimate of drug-likeness (QED) is 0.114. The van der Waals surface area contributed by atoms with Gasteiger partial charge in [0.05, 0.1) is 35.4 Å². The molecule has 1 atom stereocenters. The van der Waals surface area contributed by atoms with Gasteiger partial charge in [-0.25, -0.2) is 27.3 Å². The molecule has 0 aliphatic heterocycles. The minimum atomic E-state index is -1.61. The van der Waals surface area contributed by atoms with Gasteiger partial charge < -0.3 is 14.1 Å². The van der Waals surface area contributed by atoms with Crippen LogP contribution in [0.4, 0.5) is 17.6 Å². The minimum absolute atomic E-state index is 0.0271. The lowest BCUT2D eigenvalue weighted by Crippen LogP contribution is -2.25. The number of hydrogen-bond acceptors (Lipinski definition) is 4. The molecular weight excluding hydrogens is 528 g/mol. The first-order chi connectivity index (χ1) is 18.2. The third-order valence-electron chi connectivity index (χ3n) is 6.33. The number of aromatic amines is 1. The number of fused-ring (bicyclic) bond motifs is 1. The number of H-pyrrole nitrogens is 1.